The molecule has 0 bridgehead atoms. The molecule has 0 saturated carbocycles. The first-order valence-electron chi connectivity index (χ1n) is 10.4. The zero-order chi connectivity index (χ0) is 20.9. The summed E-state index contributed by atoms with van der Waals surface area (Å²) < 4.78 is 10.4. The van der Waals surface area contributed by atoms with Crippen LogP contribution >= 0.6 is 0 Å². The van der Waals surface area contributed by atoms with Gasteiger partial charge < -0.3 is 19.5 Å². The molecule has 0 spiro atoms. The number of methoxy groups -OCH3 is 1. The van der Waals surface area contributed by atoms with E-state index in [1.165, 1.54) is 24.9 Å². The normalized spacial score (nSPS) is 14.9. The average molecular weight is 405 g/mol. The lowest BCUT2D eigenvalue weighted by Gasteiger charge is -2.29. The molecule has 2 aromatic carbocycles. The van der Waals surface area contributed by atoms with Gasteiger partial charge in [0.2, 0.25) is 5.76 Å². The molecule has 6 heteroatoms. The van der Waals surface area contributed by atoms with Gasteiger partial charge in [0.1, 0.15) is 11.4 Å². The maximum Gasteiger partial charge on any atom is 0.290 e. The number of rotatable bonds is 6. The fourth-order valence-electron chi connectivity index (χ4n) is 3.76. The highest BCUT2D eigenvalue weighted by atomic mass is 16.5. The Morgan fingerprint density at radius 3 is 2.43 bits per heavy atom. The molecule has 4 rings (SSSR count). The summed E-state index contributed by atoms with van der Waals surface area (Å²) in [6.45, 7) is 4.20. The highest BCUT2D eigenvalue weighted by Crippen LogP contribution is 2.24. The topological polar surface area (TPSA) is 67.6 Å². The number of amides is 1. The lowest BCUT2D eigenvalue weighted by Crippen LogP contribution is -2.29. The molecule has 1 aliphatic heterocycles. The number of hydrogen-bond donors (Lipinski definition) is 1. The van der Waals surface area contributed by atoms with E-state index in [1.54, 1.807) is 13.2 Å². The Kier molecular flexibility index (Phi) is 6.02. The zero-order valence-electron chi connectivity index (χ0n) is 17.4. The number of piperidine rings is 1. The molecule has 2 heterocycles. The van der Waals surface area contributed by atoms with Crippen molar-refractivity contribution < 1.29 is 14.1 Å². The zero-order valence-corrected chi connectivity index (χ0v) is 17.4. The van der Waals surface area contributed by atoms with Gasteiger partial charge in [0, 0.05) is 30.4 Å². The summed E-state index contributed by atoms with van der Waals surface area (Å²) in [6, 6.07) is 17.4. The number of carbonyl (C=O) groups is 1. The smallest absolute Gasteiger partial charge is 0.290 e. The standard InChI is InChI=1S/C24H27N3O3/c1-17(18-6-10-20(11-7-18)27-14-4-3-5-15-27)25-24(28)23-16-22(26-30-23)19-8-12-21(29-2)13-9-19/h6-13,16-17H,3-5,14-15H2,1-2H3,(H,25,28)/t17-/m0/s1. The summed E-state index contributed by atoms with van der Waals surface area (Å²) in [4.78, 5) is 15.0. The second kappa shape index (κ2) is 9.03. The molecule has 1 saturated heterocycles. The van der Waals surface area contributed by atoms with Gasteiger partial charge >= 0.3 is 0 Å². The highest BCUT2D eigenvalue weighted by Gasteiger charge is 2.18. The van der Waals surface area contributed by atoms with Crippen molar-refractivity contribution in [2.45, 2.75) is 32.2 Å². The third kappa shape index (κ3) is 4.48. The van der Waals surface area contributed by atoms with Crippen molar-refractivity contribution in [3.05, 3.63) is 65.9 Å². The van der Waals surface area contributed by atoms with Crippen LogP contribution in [0.25, 0.3) is 11.3 Å². The lowest BCUT2D eigenvalue weighted by atomic mass is 10.1. The minimum atomic E-state index is -0.283. The molecule has 3 aromatic rings. The van der Waals surface area contributed by atoms with Crippen LogP contribution in [0.5, 0.6) is 5.75 Å². The van der Waals surface area contributed by atoms with Crippen molar-refractivity contribution in [1.82, 2.24) is 10.5 Å². The van der Waals surface area contributed by atoms with Gasteiger partial charge in [-0.15, -0.1) is 0 Å². The number of benzene rings is 2. The Bertz CT molecular complexity index is 974. The van der Waals surface area contributed by atoms with Crippen molar-refractivity contribution in [3.63, 3.8) is 0 Å². The monoisotopic (exact) mass is 405 g/mol. The van der Waals surface area contributed by atoms with Gasteiger partial charge in [-0.3, -0.25) is 4.79 Å². The highest BCUT2D eigenvalue weighted by molar-refractivity contribution is 5.92. The van der Waals surface area contributed by atoms with Crippen molar-refractivity contribution in [2.75, 3.05) is 25.1 Å². The van der Waals surface area contributed by atoms with Crippen molar-refractivity contribution in [2.24, 2.45) is 0 Å². The Labute approximate surface area is 176 Å². The predicted molar refractivity (Wildman–Crippen MR) is 117 cm³/mol. The molecule has 1 amide bonds. The molecule has 1 N–H and O–H groups in total. The van der Waals surface area contributed by atoms with Crippen LogP contribution in [-0.2, 0) is 0 Å². The van der Waals surface area contributed by atoms with Gasteiger partial charge in [-0.25, -0.2) is 0 Å². The number of carbonyl (C=O) groups excluding carboxylic acids is 1. The number of aromatic nitrogens is 1. The third-order valence-corrected chi connectivity index (χ3v) is 5.58. The summed E-state index contributed by atoms with van der Waals surface area (Å²) in [5.74, 6) is 0.674. The molecule has 0 aliphatic carbocycles. The van der Waals surface area contributed by atoms with E-state index in [2.05, 4.69) is 39.6 Å². The SMILES string of the molecule is COc1ccc(-c2cc(C(=O)N[C@@H](C)c3ccc(N4CCCCC4)cc3)on2)cc1. The van der Waals surface area contributed by atoms with E-state index >= 15 is 0 Å². The van der Waals surface area contributed by atoms with E-state index < -0.39 is 0 Å². The van der Waals surface area contributed by atoms with Gasteiger partial charge in [0.05, 0.1) is 13.2 Å². The fraction of sp³-hybridized carbons (Fsp3) is 0.333. The average Bonchev–Trinajstić information content (AvgIpc) is 3.30. The molecule has 156 valence electrons. The summed E-state index contributed by atoms with van der Waals surface area (Å²) in [5, 5.41) is 7.01. The first kappa shape index (κ1) is 20.0. The Balaban J connectivity index is 1.39. The molecule has 30 heavy (non-hydrogen) atoms. The maximum atomic E-state index is 12.6. The number of nitrogens with zero attached hydrogens (tertiary/aromatic N) is 2. The van der Waals surface area contributed by atoms with E-state index in [-0.39, 0.29) is 17.7 Å². The molecule has 6 nitrogen and oxygen atoms in total. The third-order valence-electron chi connectivity index (χ3n) is 5.58. The van der Waals surface area contributed by atoms with Crippen molar-refractivity contribution in [3.8, 4) is 17.0 Å². The first-order valence-corrected chi connectivity index (χ1v) is 10.4. The Hall–Kier alpha value is -3.28. The maximum absolute atomic E-state index is 12.6. The number of anilines is 1. The van der Waals surface area contributed by atoms with Crippen molar-refractivity contribution >= 4 is 11.6 Å². The van der Waals surface area contributed by atoms with Crippen LogP contribution in [0.3, 0.4) is 0 Å². The molecule has 1 aliphatic rings. The van der Waals surface area contributed by atoms with Gasteiger partial charge in [-0.2, -0.15) is 0 Å². The minimum Gasteiger partial charge on any atom is -0.497 e. The molecule has 0 unspecified atom stereocenters. The fourth-order valence-corrected chi connectivity index (χ4v) is 3.76. The van der Waals surface area contributed by atoms with Gasteiger partial charge in [-0.05, 0) is 68.1 Å². The van der Waals surface area contributed by atoms with Crippen LogP contribution in [0.15, 0.2) is 59.1 Å². The van der Waals surface area contributed by atoms with E-state index in [9.17, 15) is 4.79 Å². The van der Waals surface area contributed by atoms with Crippen molar-refractivity contribution in [1.29, 1.82) is 0 Å². The summed E-state index contributed by atoms with van der Waals surface area (Å²) in [5.41, 5.74) is 3.77. The summed E-state index contributed by atoms with van der Waals surface area (Å²) in [6.07, 6.45) is 3.83. The van der Waals surface area contributed by atoms with Crippen LogP contribution in [0, 0.1) is 0 Å². The van der Waals surface area contributed by atoms with E-state index in [0.717, 1.165) is 30.0 Å². The molecule has 1 fully saturated rings. The lowest BCUT2D eigenvalue weighted by molar-refractivity contribution is 0.0902. The van der Waals surface area contributed by atoms with Gasteiger partial charge in [-0.1, -0.05) is 17.3 Å². The molecule has 1 aromatic heterocycles. The minimum absolute atomic E-state index is 0.137. The van der Waals surface area contributed by atoms with Crippen LogP contribution in [0.2, 0.25) is 0 Å². The second-order valence-corrected chi connectivity index (χ2v) is 7.64. The number of ether oxygens (including phenoxy) is 1. The molecule has 1 atom stereocenters. The predicted octanol–water partition coefficient (Wildman–Crippen LogP) is 4.83. The van der Waals surface area contributed by atoms with E-state index in [4.69, 9.17) is 9.26 Å². The van der Waals surface area contributed by atoms with Crippen LogP contribution in [0.1, 0.15) is 48.3 Å². The second-order valence-electron chi connectivity index (χ2n) is 7.64. The Morgan fingerprint density at radius 2 is 1.77 bits per heavy atom. The van der Waals surface area contributed by atoms with Crippen LogP contribution in [0.4, 0.5) is 5.69 Å². The van der Waals surface area contributed by atoms with Gasteiger partial charge in [0.15, 0.2) is 0 Å². The molecule has 0 radical (unpaired) electrons. The van der Waals surface area contributed by atoms with E-state index in [1.807, 2.05) is 31.2 Å². The van der Waals surface area contributed by atoms with Crippen LogP contribution in [-0.4, -0.2) is 31.3 Å². The first-order chi connectivity index (χ1) is 14.6. The van der Waals surface area contributed by atoms with E-state index in [0.29, 0.717) is 5.69 Å². The summed E-state index contributed by atoms with van der Waals surface area (Å²) >= 11 is 0. The molecular formula is C24H27N3O3. The van der Waals surface area contributed by atoms with Gasteiger partial charge in [0.25, 0.3) is 5.91 Å². The molecular weight excluding hydrogens is 378 g/mol. The Morgan fingerprint density at radius 1 is 1.07 bits per heavy atom. The van der Waals surface area contributed by atoms with Crippen LogP contribution < -0.4 is 15.0 Å². The summed E-state index contributed by atoms with van der Waals surface area (Å²) in [7, 11) is 1.62. The number of hydrogen-bond acceptors (Lipinski definition) is 5. The number of nitrogens with one attached hydrogen (secondary N) is 1. The largest absolute Gasteiger partial charge is 0.497 e. The quantitative estimate of drug-likeness (QED) is 0.636.